The lowest BCUT2D eigenvalue weighted by molar-refractivity contribution is 0.0432. The van der Waals surface area contributed by atoms with Gasteiger partial charge < -0.3 is 14.4 Å². The van der Waals surface area contributed by atoms with Crippen molar-refractivity contribution in [3.8, 4) is 5.75 Å². The average Bonchev–Trinajstić information content (AvgIpc) is 2.44. The van der Waals surface area contributed by atoms with E-state index in [4.69, 9.17) is 9.47 Å². The third-order valence-corrected chi connectivity index (χ3v) is 3.42. The summed E-state index contributed by atoms with van der Waals surface area (Å²) in [6.07, 6.45) is 0.244. The predicted molar refractivity (Wildman–Crippen MR) is 84.6 cm³/mol. The minimum absolute atomic E-state index is 0.117. The lowest BCUT2D eigenvalue weighted by Crippen LogP contribution is -2.42. The van der Waals surface area contributed by atoms with Crippen molar-refractivity contribution in [1.29, 1.82) is 0 Å². The Kier molecular flexibility index (Phi) is 6.53. The first-order valence-corrected chi connectivity index (χ1v) is 7.53. The van der Waals surface area contributed by atoms with Gasteiger partial charge in [0, 0.05) is 12.1 Å². The van der Waals surface area contributed by atoms with Gasteiger partial charge in [-0.15, -0.1) is 0 Å². The number of benzene rings is 1. The summed E-state index contributed by atoms with van der Waals surface area (Å²) < 4.78 is 10.8. The van der Waals surface area contributed by atoms with Crippen molar-refractivity contribution in [1.82, 2.24) is 4.90 Å². The summed E-state index contributed by atoms with van der Waals surface area (Å²) in [6.45, 7) is 9.99. The second kappa shape index (κ2) is 7.91. The lowest BCUT2D eigenvalue weighted by Gasteiger charge is -2.31. The van der Waals surface area contributed by atoms with Gasteiger partial charge in [0.25, 0.3) is 0 Å². The molecule has 0 saturated carbocycles. The SMILES string of the molecule is CC[C@@H](OC(=O)N(C(C)C)C(C)C)c1ccc(OC)cc1. The van der Waals surface area contributed by atoms with E-state index in [1.54, 1.807) is 12.0 Å². The van der Waals surface area contributed by atoms with Crippen LogP contribution in [0.2, 0.25) is 0 Å². The van der Waals surface area contributed by atoms with Crippen molar-refractivity contribution < 1.29 is 14.3 Å². The van der Waals surface area contributed by atoms with E-state index in [2.05, 4.69) is 0 Å². The van der Waals surface area contributed by atoms with Crippen LogP contribution in [0.3, 0.4) is 0 Å². The van der Waals surface area contributed by atoms with Gasteiger partial charge in [0.05, 0.1) is 7.11 Å². The zero-order valence-electron chi connectivity index (χ0n) is 13.9. The molecule has 1 rings (SSSR count). The van der Waals surface area contributed by atoms with Gasteiger partial charge in [0.2, 0.25) is 0 Å². The van der Waals surface area contributed by atoms with Crippen LogP contribution >= 0.6 is 0 Å². The highest BCUT2D eigenvalue weighted by Crippen LogP contribution is 2.25. The molecule has 0 radical (unpaired) electrons. The van der Waals surface area contributed by atoms with Crippen LogP contribution in [0.1, 0.15) is 52.7 Å². The molecule has 0 N–H and O–H groups in total. The highest BCUT2D eigenvalue weighted by molar-refractivity contribution is 5.68. The van der Waals surface area contributed by atoms with Gasteiger partial charge in [-0.1, -0.05) is 19.1 Å². The Balaban J connectivity index is 2.83. The third kappa shape index (κ3) is 4.66. The molecule has 0 aromatic heterocycles. The van der Waals surface area contributed by atoms with E-state index in [-0.39, 0.29) is 24.3 Å². The monoisotopic (exact) mass is 293 g/mol. The van der Waals surface area contributed by atoms with Crippen LogP contribution in [0.5, 0.6) is 5.75 Å². The van der Waals surface area contributed by atoms with Crippen molar-refractivity contribution in [3.63, 3.8) is 0 Å². The van der Waals surface area contributed by atoms with Crippen molar-refractivity contribution in [2.75, 3.05) is 7.11 Å². The van der Waals surface area contributed by atoms with Crippen LogP contribution in [-0.4, -0.2) is 30.2 Å². The molecule has 0 unspecified atom stereocenters. The van der Waals surface area contributed by atoms with Gasteiger partial charge in [-0.2, -0.15) is 0 Å². The molecule has 118 valence electrons. The van der Waals surface area contributed by atoms with Gasteiger partial charge >= 0.3 is 6.09 Å². The van der Waals surface area contributed by atoms with Gasteiger partial charge in [0.1, 0.15) is 11.9 Å². The Morgan fingerprint density at radius 2 is 1.62 bits per heavy atom. The standard InChI is InChI=1S/C17H27NO3/c1-7-16(14-8-10-15(20-6)11-9-14)21-17(19)18(12(2)3)13(4)5/h8-13,16H,7H2,1-6H3/t16-/m1/s1. The maximum absolute atomic E-state index is 12.4. The molecule has 1 aromatic rings. The van der Waals surface area contributed by atoms with Crippen LogP contribution in [0.15, 0.2) is 24.3 Å². The fourth-order valence-electron chi connectivity index (χ4n) is 2.41. The molecule has 0 aliphatic rings. The zero-order chi connectivity index (χ0) is 16.0. The van der Waals surface area contributed by atoms with E-state index in [1.807, 2.05) is 58.9 Å². The summed E-state index contributed by atoms with van der Waals surface area (Å²) in [7, 11) is 1.63. The van der Waals surface area contributed by atoms with Crippen LogP contribution < -0.4 is 4.74 Å². The van der Waals surface area contributed by atoms with E-state index in [9.17, 15) is 4.79 Å². The molecular weight excluding hydrogens is 266 g/mol. The largest absolute Gasteiger partial charge is 0.497 e. The highest BCUT2D eigenvalue weighted by atomic mass is 16.6. The topological polar surface area (TPSA) is 38.8 Å². The number of nitrogens with zero attached hydrogens (tertiary/aromatic N) is 1. The third-order valence-electron chi connectivity index (χ3n) is 3.42. The zero-order valence-corrected chi connectivity index (χ0v) is 13.9. The minimum atomic E-state index is -0.261. The van der Waals surface area contributed by atoms with Gasteiger partial charge in [0.15, 0.2) is 0 Å². The molecule has 1 amide bonds. The quantitative estimate of drug-likeness (QED) is 0.780. The molecule has 4 nitrogen and oxygen atoms in total. The van der Waals surface area contributed by atoms with Crippen molar-refractivity contribution in [2.24, 2.45) is 0 Å². The molecule has 21 heavy (non-hydrogen) atoms. The van der Waals surface area contributed by atoms with E-state index in [0.717, 1.165) is 17.7 Å². The number of ether oxygens (including phenoxy) is 2. The Morgan fingerprint density at radius 3 is 2.00 bits per heavy atom. The Labute approximate surface area is 128 Å². The maximum Gasteiger partial charge on any atom is 0.410 e. The summed E-state index contributed by atoms with van der Waals surface area (Å²) in [5.41, 5.74) is 0.985. The summed E-state index contributed by atoms with van der Waals surface area (Å²) in [4.78, 5) is 14.1. The smallest absolute Gasteiger partial charge is 0.410 e. The lowest BCUT2D eigenvalue weighted by atomic mass is 10.1. The van der Waals surface area contributed by atoms with Gasteiger partial charge in [-0.05, 0) is 51.8 Å². The van der Waals surface area contributed by atoms with Crippen LogP contribution in [-0.2, 0) is 4.74 Å². The van der Waals surface area contributed by atoms with E-state index in [0.29, 0.717) is 0 Å². The number of amides is 1. The second-order valence-corrected chi connectivity index (χ2v) is 5.65. The minimum Gasteiger partial charge on any atom is -0.497 e. The molecule has 0 saturated heterocycles. The fraction of sp³-hybridized carbons (Fsp3) is 0.588. The molecular formula is C17H27NO3. The Bertz CT molecular complexity index is 432. The number of hydrogen-bond donors (Lipinski definition) is 0. The molecule has 0 aliphatic carbocycles. The summed E-state index contributed by atoms with van der Waals surface area (Å²) in [6, 6.07) is 7.88. The molecule has 0 aliphatic heterocycles. The first kappa shape index (κ1) is 17.3. The Hall–Kier alpha value is -1.71. The Morgan fingerprint density at radius 1 is 1.10 bits per heavy atom. The number of hydrogen-bond acceptors (Lipinski definition) is 3. The normalized spacial score (nSPS) is 12.4. The van der Waals surface area contributed by atoms with E-state index < -0.39 is 0 Å². The van der Waals surface area contributed by atoms with Crippen molar-refractivity contribution in [3.05, 3.63) is 29.8 Å². The first-order chi connectivity index (χ1) is 9.90. The van der Waals surface area contributed by atoms with Gasteiger partial charge in [-0.25, -0.2) is 4.79 Å². The van der Waals surface area contributed by atoms with Gasteiger partial charge in [-0.3, -0.25) is 0 Å². The molecule has 0 spiro atoms. The van der Waals surface area contributed by atoms with Crippen LogP contribution in [0, 0.1) is 0 Å². The summed E-state index contributed by atoms with van der Waals surface area (Å²) in [5.74, 6) is 0.797. The fourth-order valence-corrected chi connectivity index (χ4v) is 2.41. The van der Waals surface area contributed by atoms with Crippen LogP contribution in [0.25, 0.3) is 0 Å². The molecule has 0 fully saturated rings. The summed E-state index contributed by atoms with van der Waals surface area (Å²) >= 11 is 0. The number of carbonyl (C=O) groups is 1. The number of rotatable bonds is 6. The highest BCUT2D eigenvalue weighted by Gasteiger charge is 2.24. The average molecular weight is 293 g/mol. The van der Waals surface area contributed by atoms with E-state index >= 15 is 0 Å². The molecule has 1 aromatic carbocycles. The van der Waals surface area contributed by atoms with Crippen molar-refractivity contribution in [2.45, 2.75) is 59.2 Å². The molecule has 4 heteroatoms. The molecule has 1 atom stereocenters. The number of carbonyl (C=O) groups excluding carboxylic acids is 1. The van der Waals surface area contributed by atoms with Crippen molar-refractivity contribution >= 4 is 6.09 Å². The van der Waals surface area contributed by atoms with Crippen LogP contribution in [0.4, 0.5) is 4.79 Å². The first-order valence-electron chi connectivity index (χ1n) is 7.53. The molecule has 0 heterocycles. The maximum atomic E-state index is 12.4. The molecule has 0 bridgehead atoms. The number of methoxy groups -OCH3 is 1. The summed E-state index contributed by atoms with van der Waals surface area (Å²) in [5, 5.41) is 0. The predicted octanol–water partition coefficient (Wildman–Crippen LogP) is 4.40. The van der Waals surface area contributed by atoms with E-state index in [1.165, 1.54) is 0 Å². The second-order valence-electron chi connectivity index (χ2n) is 5.65.